The lowest BCUT2D eigenvalue weighted by Gasteiger charge is -2.06. The highest BCUT2D eigenvalue weighted by Gasteiger charge is 2.15. The number of aromatic nitrogens is 2. The largest absolute Gasteiger partial charge is 0.322 e. The number of rotatable bonds is 2. The van der Waals surface area contributed by atoms with E-state index in [1.807, 2.05) is 0 Å². The first-order chi connectivity index (χ1) is 10.0. The van der Waals surface area contributed by atoms with Gasteiger partial charge in [0.2, 0.25) is 0 Å². The number of fused-ring (bicyclic) bond motifs is 1. The van der Waals surface area contributed by atoms with E-state index < -0.39 is 23.4 Å². The van der Waals surface area contributed by atoms with Gasteiger partial charge in [-0.3, -0.25) is 9.89 Å². The Balaban J connectivity index is 1.88. The standard InChI is InChI=1S/C14H8F3N3O/c15-10-4-7(5-11(16)13(10)17)14(21)19-9-1-2-12-8(3-9)6-18-20-12/h1-6H,(H,18,20)(H,19,21). The Hall–Kier alpha value is -2.83. The number of aromatic amines is 1. The Morgan fingerprint density at radius 3 is 2.52 bits per heavy atom. The van der Waals surface area contributed by atoms with Gasteiger partial charge < -0.3 is 5.32 Å². The third kappa shape index (κ3) is 2.45. The monoisotopic (exact) mass is 291 g/mol. The summed E-state index contributed by atoms with van der Waals surface area (Å²) in [6.45, 7) is 0. The number of nitrogens with zero attached hydrogens (tertiary/aromatic N) is 1. The lowest BCUT2D eigenvalue weighted by atomic mass is 10.1. The summed E-state index contributed by atoms with van der Waals surface area (Å²) in [5.41, 5.74) is 0.907. The SMILES string of the molecule is O=C(Nc1ccc2[nH]ncc2c1)c1cc(F)c(F)c(F)c1. The first-order valence-corrected chi connectivity index (χ1v) is 5.93. The fourth-order valence-corrected chi connectivity index (χ4v) is 1.91. The van der Waals surface area contributed by atoms with Gasteiger partial charge >= 0.3 is 0 Å². The van der Waals surface area contributed by atoms with Crippen LogP contribution in [-0.4, -0.2) is 16.1 Å². The van der Waals surface area contributed by atoms with Crippen LogP contribution >= 0.6 is 0 Å². The van der Waals surface area contributed by atoms with Crippen LogP contribution in [0.4, 0.5) is 18.9 Å². The van der Waals surface area contributed by atoms with Crippen LogP contribution in [0.1, 0.15) is 10.4 Å². The van der Waals surface area contributed by atoms with E-state index in [2.05, 4.69) is 15.5 Å². The number of hydrogen-bond donors (Lipinski definition) is 2. The van der Waals surface area contributed by atoms with E-state index in [9.17, 15) is 18.0 Å². The third-order valence-electron chi connectivity index (χ3n) is 2.94. The molecule has 1 amide bonds. The zero-order valence-electron chi connectivity index (χ0n) is 10.5. The molecule has 3 rings (SSSR count). The molecule has 0 fully saturated rings. The molecule has 0 saturated heterocycles. The maximum absolute atomic E-state index is 13.1. The summed E-state index contributed by atoms with van der Waals surface area (Å²) in [6.07, 6.45) is 1.57. The number of benzene rings is 2. The maximum Gasteiger partial charge on any atom is 0.255 e. The van der Waals surface area contributed by atoms with Gasteiger partial charge in [-0.2, -0.15) is 5.10 Å². The van der Waals surface area contributed by atoms with Crippen LogP contribution in [0, 0.1) is 17.5 Å². The summed E-state index contributed by atoms with van der Waals surface area (Å²) < 4.78 is 39.0. The normalized spacial score (nSPS) is 10.8. The molecule has 0 saturated carbocycles. The Kier molecular flexibility index (Phi) is 3.09. The highest BCUT2D eigenvalue weighted by Crippen LogP contribution is 2.19. The summed E-state index contributed by atoms with van der Waals surface area (Å²) in [6, 6.07) is 6.24. The molecule has 1 heterocycles. The number of halogens is 3. The Bertz CT molecular complexity index is 821. The van der Waals surface area contributed by atoms with Crippen molar-refractivity contribution in [1.29, 1.82) is 0 Å². The first kappa shape index (κ1) is 13.2. The molecule has 0 aliphatic carbocycles. The van der Waals surface area contributed by atoms with Gasteiger partial charge in [0.05, 0.1) is 11.7 Å². The third-order valence-corrected chi connectivity index (χ3v) is 2.94. The van der Waals surface area contributed by atoms with Crippen molar-refractivity contribution in [3.63, 3.8) is 0 Å². The molecule has 4 nitrogen and oxygen atoms in total. The molecular formula is C14H8F3N3O. The van der Waals surface area contributed by atoms with Gasteiger partial charge in [-0.1, -0.05) is 0 Å². The van der Waals surface area contributed by atoms with Crippen LogP contribution < -0.4 is 5.32 Å². The summed E-state index contributed by atoms with van der Waals surface area (Å²) in [4.78, 5) is 11.9. The lowest BCUT2D eigenvalue weighted by molar-refractivity contribution is 0.102. The van der Waals surface area contributed by atoms with Crippen LogP contribution in [0.15, 0.2) is 36.5 Å². The van der Waals surface area contributed by atoms with Gasteiger partial charge in [-0.25, -0.2) is 13.2 Å². The second-order valence-electron chi connectivity index (χ2n) is 4.38. The topological polar surface area (TPSA) is 57.8 Å². The number of amides is 1. The van der Waals surface area contributed by atoms with Crippen LogP contribution in [0.2, 0.25) is 0 Å². The summed E-state index contributed by atoms with van der Waals surface area (Å²) in [5.74, 6) is -5.17. The van der Waals surface area contributed by atoms with Crippen molar-refractivity contribution < 1.29 is 18.0 Å². The fourth-order valence-electron chi connectivity index (χ4n) is 1.91. The minimum atomic E-state index is -1.61. The molecule has 0 aliphatic heterocycles. The Labute approximate surface area is 116 Å². The van der Waals surface area contributed by atoms with Gasteiger partial charge in [0, 0.05) is 16.6 Å². The number of nitrogens with one attached hydrogen (secondary N) is 2. The van der Waals surface area contributed by atoms with Crippen LogP contribution in [-0.2, 0) is 0 Å². The predicted octanol–water partition coefficient (Wildman–Crippen LogP) is 3.23. The second kappa shape index (κ2) is 4.93. The molecule has 0 radical (unpaired) electrons. The molecule has 3 aromatic rings. The maximum atomic E-state index is 13.1. The van der Waals surface area contributed by atoms with E-state index in [0.29, 0.717) is 17.8 Å². The Morgan fingerprint density at radius 1 is 1.10 bits per heavy atom. The molecule has 2 aromatic carbocycles. The predicted molar refractivity (Wildman–Crippen MR) is 70.4 cm³/mol. The average molecular weight is 291 g/mol. The van der Waals surface area contributed by atoms with E-state index in [0.717, 1.165) is 10.9 Å². The van der Waals surface area contributed by atoms with Crippen molar-refractivity contribution in [2.75, 3.05) is 5.32 Å². The highest BCUT2D eigenvalue weighted by molar-refractivity contribution is 6.05. The zero-order chi connectivity index (χ0) is 15.0. The van der Waals surface area contributed by atoms with Crippen molar-refractivity contribution in [1.82, 2.24) is 10.2 Å². The summed E-state index contributed by atoms with van der Waals surface area (Å²) in [7, 11) is 0. The van der Waals surface area contributed by atoms with Gasteiger partial charge in [0.25, 0.3) is 5.91 Å². The minimum Gasteiger partial charge on any atom is -0.322 e. The van der Waals surface area contributed by atoms with Crippen molar-refractivity contribution in [3.05, 3.63) is 59.5 Å². The van der Waals surface area contributed by atoms with Crippen molar-refractivity contribution in [2.24, 2.45) is 0 Å². The smallest absolute Gasteiger partial charge is 0.255 e. The molecule has 0 atom stereocenters. The molecule has 0 spiro atoms. The van der Waals surface area contributed by atoms with Gasteiger partial charge in [0.15, 0.2) is 17.5 Å². The molecule has 106 valence electrons. The van der Waals surface area contributed by atoms with E-state index in [4.69, 9.17) is 0 Å². The minimum absolute atomic E-state index is 0.307. The first-order valence-electron chi connectivity index (χ1n) is 5.93. The van der Waals surface area contributed by atoms with Crippen LogP contribution in [0.3, 0.4) is 0 Å². The number of hydrogen-bond acceptors (Lipinski definition) is 2. The van der Waals surface area contributed by atoms with E-state index in [1.165, 1.54) is 0 Å². The van der Waals surface area contributed by atoms with E-state index in [1.54, 1.807) is 24.4 Å². The van der Waals surface area contributed by atoms with Crippen molar-refractivity contribution in [3.8, 4) is 0 Å². The number of carbonyl (C=O) groups is 1. The number of anilines is 1. The number of carbonyl (C=O) groups excluding carboxylic acids is 1. The van der Waals surface area contributed by atoms with E-state index in [-0.39, 0.29) is 5.56 Å². The molecule has 1 aromatic heterocycles. The molecule has 2 N–H and O–H groups in total. The zero-order valence-corrected chi connectivity index (χ0v) is 10.5. The van der Waals surface area contributed by atoms with Crippen molar-refractivity contribution in [2.45, 2.75) is 0 Å². The van der Waals surface area contributed by atoms with Crippen molar-refractivity contribution >= 4 is 22.5 Å². The van der Waals surface area contributed by atoms with Gasteiger partial charge in [-0.05, 0) is 30.3 Å². The summed E-state index contributed by atoms with van der Waals surface area (Å²) >= 11 is 0. The molecule has 0 aliphatic rings. The molecular weight excluding hydrogens is 283 g/mol. The average Bonchev–Trinajstić information content (AvgIpc) is 2.91. The lowest BCUT2D eigenvalue weighted by Crippen LogP contribution is -2.13. The molecule has 0 unspecified atom stereocenters. The molecule has 7 heteroatoms. The van der Waals surface area contributed by atoms with Gasteiger partial charge in [-0.15, -0.1) is 0 Å². The summed E-state index contributed by atoms with van der Waals surface area (Å²) in [5, 5.41) is 9.83. The van der Waals surface area contributed by atoms with Crippen LogP contribution in [0.5, 0.6) is 0 Å². The van der Waals surface area contributed by atoms with E-state index >= 15 is 0 Å². The van der Waals surface area contributed by atoms with Gasteiger partial charge in [0.1, 0.15) is 0 Å². The molecule has 0 bridgehead atoms. The Morgan fingerprint density at radius 2 is 1.81 bits per heavy atom. The fraction of sp³-hybridized carbons (Fsp3) is 0. The quantitative estimate of drug-likeness (QED) is 0.712. The highest BCUT2D eigenvalue weighted by atomic mass is 19.2. The number of H-pyrrole nitrogens is 1. The molecule has 21 heavy (non-hydrogen) atoms. The van der Waals surface area contributed by atoms with Crippen LogP contribution in [0.25, 0.3) is 10.9 Å². The second-order valence-corrected chi connectivity index (χ2v) is 4.38.